The molecule has 2 saturated heterocycles. The van der Waals surface area contributed by atoms with Gasteiger partial charge in [0, 0.05) is 6.42 Å². The third-order valence-corrected chi connectivity index (χ3v) is 5.93. The lowest BCUT2D eigenvalue weighted by Crippen LogP contribution is -2.45. The van der Waals surface area contributed by atoms with Gasteiger partial charge in [0.1, 0.15) is 0 Å². The Kier molecular flexibility index (Phi) is 3.84. The molecule has 0 aliphatic carbocycles. The van der Waals surface area contributed by atoms with Gasteiger partial charge >= 0.3 is 0 Å². The molecule has 2 fully saturated rings. The molecule has 0 saturated carbocycles. The number of ether oxygens (including phenoxy) is 2. The molecular formula is C18H25ClO2. The van der Waals surface area contributed by atoms with Crippen LogP contribution in [-0.2, 0) is 16.1 Å². The molecule has 3 rings (SSSR count). The first kappa shape index (κ1) is 15.3. The van der Waals surface area contributed by atoms with Gasteiger partial charge in [0.05, 0.1) is 29.3 Å². The predicted molar refractivity (Wildman–Crippen MR) is 85.7 cm³/mol. The van der Waals surface area contributed by atoms with Crippen LogP contribution in [0.4, 0.5) is 0 Å². The third-order valence-electron chi connectivity index (χ3n) is 5.40. The summed E-state index contributed by atoms with van der Waals surface area (Å²) in [6, 6.07) is 8.39. The van der Waals surface area contributed by atoms with E-state index >= 15 is 0 Å². The van der Waals surface area contributed by atoms with E-state index in [1.54, 1.807) is 0 Å². The summed E-state index contributed by atoms with van der Waals surface area (Å²) in [5.74, 6) is 0.411. The van der Waals surface area contributed by atoms with Gasteiger partial charge in [-0.3, -0.25) is 0 Å². The first-order valence-corrected chi connectivity index (χ1v) is 8.31. The molecule has 1 aromatic rings. The number of rotatable bonds is 4. The molecule has 0 spiro atoms. The summed E-state index contributed by atoms with van der Waals surface area (Å²) < 4.78 is 12.6. The van der Waals surface area contributed by atoms with Crippen molar-refractivity contribution in [2.24, 2.45) is 5.92 Å². The quantitative estimate of drug-likeness (QED) is 0.764. The molecule has 116 valence electrons. The minimum atomic E-state index is -0.237. The molecule has 2 heterocycles. The molecule has 2 aliphatic rings. The number of alkyl halides is 1. The molecule has 2 bridgehead atoms. The Morgan fingerprint density at radius 3 is 2.67 bits per heavy atom. The highest BCUT2D eigenvalue weighted by molar-refractivity contribution is 6.21. The fourth-order valence-corrected chi connectivity index (χ4v) is 4.55. The van der Waals surface area contributed by atoms with E-state index in [4.69, 9.17) is 21.1 Å². The van der Waals surface area contributed by atoms with Gasteiger partial charge in [0.15, 0.2) is 0 Å². The average molecular weight is 309 g/mol. The van der Waals surface area contributed by atoms with Crippen LogP contribution in [0.2, 0.25) is 0 Å². The molecule has 4 atom stereocenters. The van der Waals surface area contributed by atoms with Crippen LogP contribution in [0, 0.1) is 12.8 Å². The lowest BCUT2D eigenvalue weighted by molar-refractivity contribution is -0.0958. The van der Waals surface area contributed by atoms with E-state index in [1.807, 2.05) is 0 Å². The van der Waals surface area contributed by atoms with E-state index in [0.717, 1.165) is 12.8 Å². The first-order valence-electron chi connectivity index (χ1n) is 7.88. The van der Waals surface area contributed by atoms with Gasteiger partial charge in [-0.15, -0.1) is 11.6 Å². The molecule has 0 N–H and O–H groups in total. The van der Waals surface area contributed by atoms with Crippen LogP contribution in [0.15, 0.2) is 24.3 Å². The van der Waals surface area contributed by atoms with E-state index in [9.17, 15) is 0 Å². The van der Waals surface area contributed by atoms with Gasteiger partial charge in [-0.1, -0.05) is 38.1 Å². The minimum Gasteiger partial charge on any atom is -0.370 e. The largest absolute Gasteiger partial charge is 0.370 e. The molecular weight excluding hydrogens is 284 g/mol. The molecule has 0 radical (unpaired) electrons. The van der Waals surface area contributed by atoms with Crippen molar-refractivity contribution in [3.05, 3.63) is 35.4 Å². The van der Waals surface area contributed by atoms with Crippen molar-refractivity contribution in [2.75, 3.05) is 0 Å². The van der Waals surface area contributed by atoms with Gasteiger partial charge < -0.3 is 9.47 Å². The lowest BCUT2D eigenvalue weighted by atomic mass is 9.75. The Balaban J connectivity index is 1.73. The van der Waals surface area contributed by atoms with Crippen LogP contribution in [0.3, 0.4) is 0 Å². The molecule has 0 aromatic heterocycles. The maximum absolute atomic E-state index is 6.58. The van der Waals surface area contributed by atoms with E-state index < -0.39 is 0 Å². The Hall–Kier alpha value is -0.570. The van der Waals surface area contributed by atoms with Gasteiger partial charge in [0.2, 0.25) is 0 Å². The molecule has 0 amide bonds. The van der Waals surface area contributed by atoms with Crippen molar-refractivity contribution >= 4 is 11.6 Å². The smallest absolute Gasteiger partial charge is 0.0939 e. The predicted octanol–water partition coefficient (Wildman–Crippen LogP) is 4.47. The van der Waals surface area contributed by atoms with Crippen molar-refractivity contribution < 1.29 is 9.47 Å². The van der Waals surface area contributed by atoms with E-state index in [1.165, 1.54) is 11.1 Å². The standard InChI is InChI=1S/C18H25ClO2/c1-12(2)18-10-16(17(4,21-18)9-15(18)19)20-11-14-8-6-5-7-13(14)3/h5-8,12,15-16H,9-11H2,1-4H3/t15-,16+,17-,18+/m0/s1. The van der Waals surface area contributed by atoms with Crippen LogP contribution >= 0.6 is 11.6 Å². The fraction of sp³-hybridized carbons (Fsp3) is 0.667. The maximum atomic E-state index is 6.58. The van der Waals surface area contributed by atoms with Crippen LogP contribution in [-0.4, -0.2) is 22.7 Å². The zero-order valence-corrected chi connectivity index (χ0v) is 14.1. The Labute approximate surface area is 132 Å². The molecule has 2 aliphatic heterocycles. The molecule has 2 nitrogen and oxygen atoms in total. The highest BCUT2D eigenvalue weighted by atomic mass is 35.5. The number of hydrogen-bond donors (Lipinski definition) is 0. The number of hydrogen-bond acceptors (Lipinski definition) is 2. The zero-order valence-electron chi connectivity index (χ0n) is 13.4. The Bertz CT molecular complexity index is 530. The second-order valence-corrected chi connectivity index (χ2v) is 7.65. The topological polar surface area (TPSA) is 18.5 Å². The van der Waals surface area contributed by atoms with Crippen LogP contribution in [0.5, 0.6) is 0 Å². The summed E-state index contributed by atoms with van der Waals surface area (Å²) in [5.41, 5.74) is 2.08. The Morgan fingerprint density at radius 2 is 2.05 bits per heavy atom. The summed E-state index contributed by atoms with van der Waals surface area (Å²) in [7, 11) is 0. The van der Waals surface area contributed by atoms with E-state index in [-0.39, 0.29) is 22.7 Å². The van der Waals surface area contributed by atoms with Crippen LogP contribution in [0.1, 0.15) is 44.7 Å². The van der Waals surface area contributed by atoms with Crippen LogP contribution in [0.25, 0.3) is 0 Å². The van der Waals surface area contributed by atoms with E-state index in [0.29, 0.717) is 12.5 Å². The second kappa shape index (κ2) is 5.26. The van der Waals surface area contributed by atoms with Gasteiger partial charge in [0.25, 0.3) is 0 Å². The van der Waals surface area contributed by atoms with Crippen molar-refractivity contribution in [1.82, 2.24) is 0 Å². The average Bonchev–Trinajstić information content (AvgIpc) is 2.86. The van der Waals surface area contributed by atoms with Crippen molar-refractivity contribution in [1.29, 1.82) is 0 Å². The summed E-state index contributed by atoms with van der Waals surface area (Å²) in [6.45, 7) is 9.33. The van der Waals surface area contributed by atoms with Gasteiger partial charge in [-0.05, 0) is 37.3 Å². The number of fused-ring (bicyclic) bond motifs is 2. The highest BCUT2D eigenvalue weighted by Gasteiger charge is 2.65. The first-order chi connectivity index (χ1) is 9.87. The van der Waals surface area contributed by atoms with Crippen LogP contribution < -0.4 is 0 Å². The third kappa shape index (κ3) is 2.42. The zero-order chi connectivity index (χ0) is 15.3. The molecule has 0 unspecified atom stereocenters. The SMILES string of the molecule is Cc1ccccc1CO[C@@H]1C[C@]2(C(C)C)O[C@@]1(C)C[C@@H]2Cl. The monoisotopic (exact) mass is 308 g/mol. The maximum Gasteiger partial charge on any atom is 0.0939 e. The van der Waals surface area contributed by atoms with Crippen molar-refractivity contribution in [2.45, 2.75) is 69.8 Å². The molecule has 21 heavy (non-hydrogen) atoms. The second-order valence-electron chi connectivity index (χ2n) is 7.13. The molecule has 1 aromatic carbocycles. The minimum absolute atomic E-state index is 0.0980. The summed E-state index contributed by atoms with van der Waals surface area (Å²) in [4.78, 5) is 0. The van der Waals surface area contributed by atoms with Crippen molar-refractivity contribution in [3.63, 3.8) is 0 Å². The summed E-state index contributed by atoms with van der Waals surface area (Å²) >= 11 is 6.58. The number of aryl methyl sites for hydroxylation is 1. The normalized spacial score (nSPS) is 38.4. The number of halogens is 1. The van der Waals surface area contributed by atoms with Gasteiger partial charge in [-0.2, -0.15) is 0 Å². The summed E-state index contributed by atoms with van der Waals surface area (Å²) in [6.07, 6.45) is 1.92. The lowest BCUT2D eigenvalue weighted by Gasteiger charge is -2.35. The fourth-order valence-electron chi connectivity index (χ4n) is 3.85. The number of benzene rings is 1. The molecule has 3 heteroatoms. The highest BCUT2D eigenvalue weighted by Crippen LogP contribution is 2.57. The van der Waals surface area contributed by atoms with Crippen molar-refractivity contribution in [3.8, 4) is 0 Å². The summed E-state index contributed by atoms with van der Waals surface area (Å²) in [5, 5.41) is 0.0980. The Morgan fingerprint density at radius 1 is 1.33 bits per heavy atom. The van der Waals surface area contributed by atoms with E-state index in [2.05, 4.69) is 52.0 Å². The van der Waals surface area contributed by atoms with Gasteiger partial charge in [-0.25, -0.2) is 0 Å².